The lowest BCUT2D eigenvalue weighted by Gasteiger charge is -2.25. The van der Waals surface area contributed by atoms with Gasteiger partial charge in [0.15, 0.2) is 5.96 Å². The van der Waals surface area contributed by atoms with Crippen molar-refractivity contribution in [1.82, 2.24) is 10.6 Å². The number of guanidine groups is 1. The van der Waals surface area contributed by atoms with Gasteiger partial charge in [-0.25, -0.2) is 4.99 Å². The molecule has 1 saturated carbocycles. The molecule has 1 aromatic heterocycles. The molecule has 6 heteroatoms. The van der Waals surface area contributed by atoms with E-state index in [1.165, 1.54) is 25.7 Å². The highest BCUT2D eigenvalue weighted by Crippen LogP contribution is 2.36. The maximum Gasteiger partial charge on any atom is 0.191 e. The van der Waals surface area contributed by atoms with Gasteiger partial charge in [0.05, 0.1) is 12.8 Å². The molecule has 5 nitrogen and oxygen atoms in total. The molecule has 1 fully saturated rings. The summed E-state index contributed by atoms with van der Waals surface area (Å²) >= 11 is 0. The molecule has 1 unspecified atom stereocenters. The molecule has 0 bridgehead atoms. The lowest BCUT2D eigenvalue weighted by Crippen LogP contribution is -2.43. The van der Waals surface area contributed by atoms with Gasteiger partial charge in [0.2, 0.25) is 0 Å². The molecule has 0 aromatic carbocycles. The first-order valence-electron chi connectivity index (χ1n) is 8.24. The number of aliphatic imine (C=N–C) groups is 1. The Bertz CT molecular complexity index is 480. The van der Waals surface area contributed by atoms with Crippen LogP contribution in [0.2, 0.25) is 0 Å². The van der Waals surface area contributed by atoms with Gasteiger partial charge in [-0.15, -0.1) is 24.0 Å². The molecule has 2 rings (SSSR count). The zero-order chi connectivity index (χ0) is 16.1. The van der Waals surface area contributed by atoms with E-state index < -0.39 is 5.60 Å². The van der Waals surface area contributed by atoms with Crippen LogP contribution < -0.4 is 10.6 Å². The maximum absolute atomic E-state index is 10.5. The fraction of sp³-hybridized carbons (Fsp3) is 0.706. The van der Waals surface area contributed by atoms with Crippen molar-refractivity contribution < 1.29 is 9.52 Å². The number of hydrogen-bond donors (Lipinski definition) is 3. The van der Waals surface area contributed by atoms with E-state index in [4.69, 9.17) is 4.42 Å². The lowest BCUT2D eigenvalue weighted by molar-refractivity contribution is 0.0437. The molecule has 23 heavy (non-hydrogen) atoms. The molecule has 1 aliphatic carbocycles. The van der Waals surface area contributed by atoms with Crippen LogP contribution in [0.1, 0.15) is 52.2 Å². The first-order chi connectivity index (χ1) is 10.5. The number of nitrogens with one attached hydrogen (secondary N) is 2. The number of rotatable bonds is 6. The van der Waals surface area contributed by atoms with Crippen molar-refractivity contribution >= 4 is 29.9 Å². The number of halogens is 1. The Balaban J connectivity index is 0.00000264. The Morgan fingerprint density at radius 1 is 1.39 bits per heavy atom. The fourth-order valence-corrected chi connectivity index (χ4v) is 2.94. The first kappa shape index (κ1) is 20.3. The average Bonchev–Trinajstić information content (AvgIpc) is 3.14. The van der Waals surface area contributed by atoms with Crippen molar-refractivity contribution in [3.05, 3.63) is 24.2 Å². The van der Waals surface area contributed by atoms with Gasteiger partial charge in [-0.3, -0.25) is 0 Å². The highest BCUT2D eigenvalue weighted by atomic mass is 127. The van der Waals surface area contributed by atoms with Gasteiger partial charge in [0.1, 0.15) is 11.4 Å². The molecular formula is C17H30IN3O2. The second kappa shape index (κ2) is 8.92. The van der Waals surface area contributed by atoms with Gasteiger partial charge in [0.25, 0.3) is 0 Å². The number of aliphatic hydroxyl groups is 1. The van der Waals surface area contributed by atoms with E-state index in [0.29, 0.717) is 11.2 Å². The third-order valence-corrected chi connectivity index (χ3v) is 4.43. The molecule has 0 saturated heterocycles. The summed E-state index contributed by atoms with van der Waals surface area (Å²) in [6.07, 6.45) is 6.74. The Labute approximate surface area is 156 Å². The summed E-state index contributed by atoms with van der Waals surface area (Å²) in [4.78, 5) is 4.52. The average molecular weight is 435 g/mol. The summed E-state index contributed by atoms with van der Waals surface area (Å²) in [5, 5.41) is 17.1. The van der Waals surface area contributed by atoms with E-state index in [-0.39, 0.29) is 30.5 Å². The summed E-state index contributed by atoms with van der Waals surface area (Å²) in [5.41, 5.74) is -0.733. The van der Waals surface area contributed by atoms with Gasteiger partial charge in [0, 0.05) is 13.1 Å². The van der Waals surface area contributed by atoms with Crippen LogP contribution >= 0.6 is 24.0 Å². The predicted octanol–water partition coefficient (Wildman–Crippen LogP) is 3.24. The van der Waals surface area contributed by atoms with Crippen molar-refractivity contribution in [3.63, 3.8) is 0 Å². The van der Waals surface area contributed by atoms with Crippen LogP contribution in [0.15, 0.2) is 27.8 Å². The first-order valence-corrected chi connectivity index (χ1v) is 8.24. The molecule has 0 radical (unpaired) electrons. The topological polar surface area (TPSA) is 69.8 Å². The van der Waals surface area contributed by atoms with Gasteiger partial charge in [-0.2, -0.15) is 0 Å². The minimum absolute atomic E-state index is 0. The quantitative estimate of drug-likeness (QED) is 0.365. The van der Waals surface area contributed by atoms with E-state index in [2.05, 4.69) is 22.5 Å². The summed E-state index contributed by atoms with van der Waals surface area (Å²) in [6, 6.07) is 3.55. The lowest BCUT2D eigenvalue weighted by atomic mass is 9.89. The van der Waals surface area contributed by atoms with E-state index in [9.17, 15) is 5.11 Å². The molecule has 3 N–H and O–H groups in total. The molecule has 1 heterocycles. The van der Waals surface area contributed by atoms with Gasteiger partial charge >= 0.3 is 0 Å². The van der Waals surface area contributed by atoms with Crippen LogP contribution in [-0.4, -0.2) is 30.7 Å². The summed E-state index contributed by atoms with van der Waals surface area (Å²) in [7, 11) is 0. The van der Waals surface area contributed by atoms with E-state index in [1.807, 2.05) is 6.92 Å². The van der Waals surface area contributed by atoms with Crippen molar-refractivity contribution in [2.75, 3.05) is 19.6 Å². The minimum Gasteiger partial charge on any atom is -0.466 e. The van der Waals surface area contributed by atoms with Crippen molar-refractivity contribution in [2.24, 2.45) is 10.4 Å². The highest BCUT2D eigenvalue weighted by molar-refractivity contribution is 14.0. The van der Waals surface area contributed by atoms with Crippen LogP contribution in [-0.2, 0) is 5.60 Å². The molecule has 1 atom stereocenters. The predicted molar refractivity (Wildman–Crippen MR) is 104 cm³/mol. The smallest absolute Gasteiger partial charge is 0.191 e. The fourth-order valence-electron chi connectivity index (χ4n) is 2.94. The van der Waals surface area contributed by atoms with Crippen molar-refractivity contribution in [2.45, 2.75) is 52.1 Å². The molecular weight excluding hydrogens is 405 g/mol. The Hall–Kier alpha value is -0.760. The largest absolute Gasteiger partial charge is 0.466 e. The Morgan fingerprint density at radius 3 is 2.65 bits per heavy atom. The van der Waals surface area contributed by atoms with Crippen LogP contribution in [0.25, 0.3) is 0 Å². The Kier molecular flexibility index (Phi) is 7.86. The zero-order valence-corrected chi connectivity index (χ0v) is 16.7. The molecule has 1 aromatic rings. The standard InChI is InChI=1S/C17H29N3O2.HI/c1-4-18-15(19-12-16(2)9-5-6-10-16)20-13-17(3,21)14-8-7-11-22-14;/h7-8,11,21H,4-6,9-10,12-13H2,1-3H3,(H2,18,19,20);1H. The van der Waals surface area contributed by atoms with E-state index >= 15 is 0 Å². The number of nitrogens with zero attached hydrogens (tertiary/aromatic N) is 1. The van der Waals surface area contributed by atoms with E-state index in [0.717, 1.165) is 19.0 Å². The number of furan rings is 1. The van der Waals surface area contributed by atoms with Crippen LogP contribution in [0, 0.1) is 5.41 Å². The van der Waals surface area contributed by atoms with Gasteiger partial charge in [-0.05, 0) is 44.2 Å². The van der Waals surface area contributed by atoms with Crippen molar-refractivity contribution in [3.8, 4) is 0 Å². The Morgan fingerprint density at radius 2 is 2.09 bits per heavy atom. The number of hydrogen-bond acceptors (Lipinski definition) is 3. The third-order valence-electron chi connectivity index (χ3n) is 4.43. The summed E-state index contributed by atoms with van der Waals surface area (Å²) in [6.45, 7) is 8.06. The summed E-state index contributed by atoms with van der Waals surface area (Å²) in [5.74, 6) is 1.29. The molecule has 0 spiro atoms. The zero-order valence-electron chi connectivity index (χ0n) is 14.4. The second-order valence-corrected chi connectivity index (χ2v) is 6.82. The molecule has 132 valence electrons. The van der Waals surface area contributed by atoms with E-state index in [1.54, 1.807) is 25.3 Å². The summed E-state index contributed by atoms with van der Waals surface area (Å²) < 4.78 is 5.29. The van der Waals surface area contributed by atoms with Crippen LogP contribution in [0.5, 0.6) is 0 Å². The van der Waals surface area contributed by atoms with Gasteiger partial charge < -0.3 is 20.2 Å². The van der Waals surface area contributed by atoms with Gasteiger partial charge in [-0.1, -0.05) is 19.8 Å². The third kappa shape index (κ3) is 5.99. The SMILES string of the molecule is CCNC(=NCC(C)(O)c1ccco1)NCC1(C)CCCC1.I. The molecule has 0 aliphatic heterocycles. The van der Waals surface area contributed by atoms with Crippen LogP contribution in [0.3, 0.4) is 0 Å². The van der Waals surface area contributed by atoms with Crippen LogP contribution in [0.4, 0.5) is 0 Å². The maximum atomic E-state index is 10.5. The highest BCUT2D eigenvalue weighted by Gasteiger charge is 2.29. The monoisotopic (exact) mass is 435 g/mol. The molecule has 1 aliphatic rings. The minimum atomic E-state index is -1.09. The van der Waals surface area contributed by atoms with Crippen molar-refractivity contribution in [1.29, 1.82) is 0 Å². The molecule has 0 amide bonds. The normalized spacial score (nSPS) is 19.7. The second-order valence-electron chi connectivity index (χ2n) is 6.82.